The molecule has 8 heteroatoms. The Labute approximate surface area is 146 Å². The lowest BCUT2D eigenvalue weighted by Gasteiger charge is -2.38. The highest BCUT2D eigenvalue weighted by Crippen LogP contribution is 2.29. The molecule has 1 saturated heterocycles. The monoisotopic (exact) mass is 347 g/mol. The van der Waals surface area contributed by atoms with Crippen LogP contribution in [0.4, 0.5) is 5.82 Å². The summed E-state index contributed by atoms with van der Waals surface area (Å²) in [6.07, 6.45) is 9.70. The molecule has 0 saturated carbocycles. The summed E-state index contributed by atoms with van der Waals surface area (Å²) in [4.78, 5) is 7.23. The minimum Gasteiger partial charge on any atom is -0.351 e. The molecule has 2 unspecified atom stereocenters. The molecule has 0 bridgehead atoms. The molecule has 0 radical (unpaired) electrons. The number of halogens is 1. The molecule has 128 valence electrons. The van der Waals surface area contributed by atoms with Gasteiger partial charge in [-0.3, -0.25) is 4.68 Å². The van der Waals surface area contributed by atoms with Crippen LogP contribution in [-0.4, -0.2) is 43.0 Å². The molecule has 0 spiro atoms. The van der Waals surface area contributed by atoms with Crippen molar-refractivity contribution in [2.45, 2.75) is 31.8 Å². The van der Waals surface area contributed by atoms with Gasteiger partial charge in [-0.25, -0.2) is 9.50 Å². The van der Waals surface area contributed by atoms with Crippen LogP contribution in [0.3, 0.4) is 0 Å². The molecule has 7 nitrogen and oxygen atoms in total. The number of nitrogens with two attached hydrogens (primary N) is 1. The van der Waals surface area contributed by atoms with Gasteiger partial charge in [0.2, 0.25) is 0 Å². The minimum atomic E-state index is 0. The summed E-state index contributed by atoms with van der Waals surface area (Å²) in [5.74, 6) is 0.950. The van der Waals surface area contributed by atoms with Gasteiger partial charge in [-0.05, 0) is 25.8 Å². The minimum absolute atomic E-state index is 0. The number of nitrogens with zero attached hydrogens (tertiary/aromatic N) is 6. The van der Waals surface area contributed by atoms with Gasteiger partial charge in [0.05, 0.1) is 24.3 Å². The largest absolute Gasteiger partial charge is 0.351 e. The van der Waals surface area contributed by atoms with Gasteiger partial charge >= 0.3 is 0 Å². The summed E-state index contributed by atoms with van der Waals surface area (Å²) in [5.41, 5.74) is 9.14. The third-order valence-electron chi connectivity index (χ3n) is 4.69. The molecule has 4 heterocycles. The van der Waals surface area contributed by atoms with Crippen molar-refractivity contribution in [2.75, 3.05) is 11.4 Å². The van der Waals surface area contributed by atoms with Crippen molar-refractivity contribution in [3.63, 3.8) is 0 Å². The first-order valence-electron chi connectivity index (χ1n) is 7.99. The fourth-order valence-electron chi connectivity index (χ4n) is 3.29. The third-order valence-corrected chi connectivity index (χ3v) is 4.69. The van der Waals surface area contributed by atoms with Crippen molar-refractivity contribution in [2.24, 2.45) is 12.8 Å². The number of anilines is 1. The van der Waals surface area contributed by atoms with Crippen LogP contribution < -0.4 is 10.6 Å². The van der Waals surface area contributed by atoms with E-state index in [2.05, 4.69) is 22.0 Å². The van der Waals surface area contributed by atoms with Crippen molar-refractivity contribution < 1.29 is 0 Å². The molecule has 0 aromatic carbocycles. The second-order valence-electron chi connectivity index (χ2n) is 6.25. The average Bonchev–Trinajstić information content (AvgIpc) is 3.17. The van der Waals surface area contributed by atoms with E-state index >= 15 is 0 Å². The van der Waals surface area contributed by atoms with Gasteiger partial charge < -0.3 is 10.6 Å². The second-order valence-corrected chi connectivity index (χ2v) is 6.25. The van der Waals surface area contributed by atoms with E-state index in [9.17, 15) is 0 Å². The predicted octanol–water partition coefficient (Wildman–Crippen LogP) is 1.87. The highest BCUT2D eigenvalue weighted by molar-refractivity contribution is 5.85. The Kier molecular flexibility index (Phi) is 4.47. The van der Waals surface area contributed by atoms with Gasteiger partial charge in [0, 0.05) is 37.4 Å². The molecule has 0 amide bonds. The van der Waals surface area contributed by atoms with E-state index in [1.165, 1.54) is 0 Å². The van der Waals surface area contributed by atoms with Gasteiger partial charge in [-0.2, -0.15) is 10.2 Å². The highest BCUT2D eigenvalue weighted by atomic mass is 35.5. The van der Waals surface area contributed by atoms with Crippen molar-refractivity contribution in [3.05, 3.63) is 30.9 Å². The molecule has 4 rings (SSSR count). The van der Waals surface area contributed by atoms with Crippen LogP contribution in [-0.2, 0) is 7.05 Å². The predicted molar refractivity (Wildman–Crippen MR) is 96.5 cm³/mol. The molecule has 2 N–H and O–H groups in total. The number of aromatic nitrogens is 5. The van der Waals surface area contributed by atoms with E-state index in [0.717, 1.165) is 42.0 Å². The molecule has 3 aromatic rings. The van der Waals surface area contributed by atoms with E-state index in [1.54, 1.807) is 4.68 Å². The van der Waals surface area contributed by atoms with Crippen molar-refractivity contribution in [1.82, 2.24) is 24.4 Å². The van der Waals surface area contributed by atoms with E-state index in [1.807, 2.05) is 42.4 Å². The number of hydrogen-bond acceptors (Lipinski definition) is 5. The Morgan fingerprint density at radius 2 is 2.08 bits per heavy atom. The first-order chi connectivity index (χ1) is 11.1. The Morgan fingerprint density at radius 1 is 1.25 bits per heavy atom. The zero-order chi connectivity index (χ0) is 16.0. The van der Waals surface area contributed by atoms with Gasteiger partial charge in [0.15, 0.2) is 5.82 Å². The second kappa shape index (κ2) is 6.41. The van der Waals surface area contributed by atoms with Crippen molar-refractivity contribution in [3.8, 4) is 11.3 Å². The normalized spacial score (nSPS) is 21.0. The zero-order valence-corrected chi connectivity index (χ0v) is 14.6. The summed E-state index contributed by atoms with van der Waals surface area (Å²) < 4.78 is 3.67. The summed E-state index contributed by atoms with van der Waals surface area (Å²) in [6, 6.07) is 2.44. The third kappa shape index (κ3) is 2.74. The number of piperidine rings is 1. The summed E-state index contributed by atoms with van der Waals surface area (Å²) >= 11 is 0. The smallest absolute Gasteiger partial charge is 0.155 e. The molecule has 3 aromatic heterocycles. The van der Waals surface area contributed by atoms with Crippen LogP contribution >= 0.6 is 12.4 Å². The van der Waals surface area contributed by atoms with Gasteiger partial charge in [0.25, 0.3) is 0 Å². The van der Waals surface area contributed by atoms with Crippen LogP contribution in [0, 0.1) is 0 Å². The topological polar surface area (TPSA) is 77.3 Å². The molecule has 1 fully saturated rings. The SMILES string of the molecule is CC1C(N)CCCN1c1nc(-c2cnn(C)c2)cn2nccc12.Cl. The number of aryl methyl sites for hydroxylation is 1. The van der Waals surface area contributed by atoms with Crippen LogP contribution in [0.5, 0.6) is 0 Å². The Hall–Kier alpha value is -2.12. The molecule has 0 aliphatic carbocycles. The molecule has 1 aliphatic heterocycles. The number of rotatable bonds is 2. The number of hydrogen-bond donors (Lipinski definition) is 1. The summed E-state index contributed by atoms with van der Waals surface area (Å²) in [7, 11) is 1.91. The Balaban J connectivity index is 0.00000169. The van der Waals surface area contributed by atoms with E-state index in [4.69, 9.17) is 10.7 Å². The van der Waals surface area contributed by atoms with Crippen LogP contribution in [0.25, 0.3) is 16.8 Å². The van der Waals surface area contributed by atoms with Crippen LogP contribution in [0.2, 0.25) is 0 Å². The average molecular weight is 348 g/mol. The summed E-state index contributed by atoms with van der Waals surface area (Å²) in [5, 5.41) is 8.65. The van der Waals surface area contributed by atoms with Crippen LogP contribution in [0.15, 0.2) is 30.9 Å². The number of fused-ring (bicyclic) bond motifs is 1. The molecule has 1 aliphatic rings. The first-order valence-corrected chi connectivity index (χ1v) is 7.99. The molecular formula is C16H22ClN7. The first kappa shape index (κ1) is 16.7. The zero-order valence-electron chi connectivity index (χ0n) is 13.8. The standard InChI is InChI=1S/C16H21N7.ClH/c1-11-13(17)4-3-7-22(11)16-15-5-6-18-23(15)10-14(20-16)12-8-19-21(2)9-12;/h5-6,8-11,13H,3-4,7,17H2,1-2H3;1H. The Morgan fingerprint density at radius 3 is 2.83 bits per heavy atom. The molecular weight excluding hydrogens is 326 g/mol. The quantitative estimate of drug-likeness (QED) is 0.765. The van der Waals surface area contributed by atoms with Gasteiger partial charge in [-0.15, -0.1) is 12.4 Å². The van der Waals surface area contributed by atoms with Gasteiger partial charge in [-0.1, -0.05) is 0 Å². The lowest BCUT2D eigenvalue weighted by molar-refractivity contribution is 0.419. The fraction of sp³-hybridized carbons (Fsp3) is 0.438. The van der Waals surface area contributed by atoms with Crippen LogP contribution in [0.1, 0.15) is 19.8 Å². The Bertz CT molecular complexity index is 840. The maximum Gasteiger partial charge on any atom is 0.155 e. The van der Waals surface area contributed by atoms with E-state index < -0.39 is 0 Å². The van der Waals surface area contributed by atoms with Gasteiger partial charge in [0.1, 0.15) is 5.52 Å². The molecule has 2 atom stereocenters. The fourth-order valence-corrected chi connectivity index (χ4v) is 3.29. The van der Waals surface area contributed by atoms with Crippen molar-refractivity contribution >= 4 is 23.7 Å². The lowest BCUT2D eigenvalue weighted by Crippen LogP contribution is -2.51. The maximum atomic E-state index is 6.27. The lowest BCUT2D eigenvalue weighted by atomic mass is 9.98. The maximum absolute atomic E-state index is 6.27. The van der Waals surface area contributed by atoms with E-state index in [0.29, 0.717) is 0 Å². The molecule has 24 heavy (non-hydrogen) atoms. The highest BCUT2D eigenvalue weighted by Gasteiger charge is 2.28. The summed E-state index contributed by atoms with van der Waals surface area (Å²) in [6.45, 7) is 3.15. The van der Waals surface area contributed by atoms with E-state index in [-0.39, 0.29) is 24.5 Å². The van der Waals surface area contributed by atoms with Crippen molar-refractivity contribution in [1.29, 1.82) is 0 Å².